The van der Waals surface area contributed by atoms with Gasteiger partial charge in [0.2, 0.25) is 0 Å². The van der Waals surface area contributed by atoms with Gasteiger partial charge in [0.1, 0.15) is 0 Å². The summed E-state index contributed by atoms with van der Waals surface area (Å²) in [4.78, 5) is 2.42. The van der Waals surface area contributed by atoms with E-state index in [1.54, 1.807) is 0 Å². The Hall–Kier alpha value is -6.38. The van der Waals surface area contributed by atoms with E-state index in [1.807, 2.05) is 0 Å². The van der Waals surface area contributed by atoms with Crippen LogP contribution < -0.4 is 4.90 Å². The van der Waals surface area contributed by atoms with Crippen LogP contribution in [0, 0.1) is 0 Å². The molecule has 2 nitrogen and oxygen atoms in total. The Morgan fingerprint density at radius 2 is 0.875 bits per heavy atom. The molecule has 0 amide bonds. The van der Waals surface area contributed by atoms with Crippen LogP contribution in [0.4, 0.5) is 17.1 Å². The molecular weight excluding hydrogens is 581 g/mol. The van der Waals surface area contributed by atoms with Crippen LogP contribution in [-0.4, -0.2) is 4.57 Å². The number of benzene rings is 9. The van der Waals surface area contributed by atoms with E-state index in [2.05, 4.69) is 191 Å². The Morgan fingerprint density at radius 1 is 0.333 bits per heavy atom. The van der Waals surface area contributed by atoms with E-state index in [-0.39, 0.29) is 0 Å². The number of hydrogen-bond acceptors (Lipinski definition) is 1. The van der Waals surface area contributed by atoms with Crippen molar-refractivity contribution in [3.8, 4) is 5.69 Å². The molecule has 0 fully saturated rings. The first kappa shape index (κ1) is 26.8. The van der Waals surface area contributed by atoms with Gasteiger partial charge >= 0.3 is 0 Å². The van der Waals surface area contributed by atoms with Crippen LogP contribution in [-0.2, 0) is 0 Å². The largest absolute Gasteiger partial charge is 0.310 e. The molecule has 0 bridgehead atoms. The number of hydrogen-bond donors (Lipinski definition) is 0. The summed E-state index contributed by atoms with van der Waals surface area (Å²) in [7, 11) is 0. The molecule has 0 aliphatic rings. The second-order valence-corrected chi connectivity index (χ2v) is 12.6. The number of para-hydroxylation sites is 3. The summed E-state index contributed by atoms with van der Waals surface area (Å²) in [6, 6.07) is 66.3. The van der Waals surface area contributed by atoms with Gasteiger partial charge in [0.15, 0.2) is 0 Å². The quantitative estimate of drug-likeness (QED) is 0.180. The zero-order chi connectivity index (χ0) is 31.6. The molecule has 10 rings (SSSR count). The van der Waals surface area contributed by atoms with E-state index in [0.717, 1.165) is 22.7 Å². The highest BCUT2D eigenvalue weighted by atomic mass is 15.1. The molecule has 2 heteroatoms. The van der Waals surface area contributed by atoms with Gasteiger partial charge in [0, 0.05) is 33.2 Å². The minimum Gasteiger partial charge on any atom is -0.310 e. The Kier molecular flexibility index (Phi) is 5.91. The van der Waals surface area contributed by atoms with Crippen molar-refractivity contribution in [3.63, 3.8) is 0 Å². The molecule has 0 aliphatic carbocycles. The Morgan fingerprint density at radius 3 is 1.62 bits per heavy atom. The summed E-state index contributed by atoms with van der Waals surface area (Å²) in [6.07, 6.45) is 0. The molecule has 0 radical (unpaired) electrons. The van der Waals surface area contributed by atoms with Crippen LogP contribution in [0.1, 0.15) is 0 Å². The molecule has 224 valence electrons. The lowest BCUT2D eigenvalue weighted by atomic mass is 9.92. The highest BCUT2D eigenvalue weighted by Gasteiger charge is 2.20. The smallest absolute Gasteiger partial charge is 0.0546 e. The van der Waals surface area contributed by atoms with Crippen LogP contribution in [0.15, 0.2) is 182 Å². The van der Waals surface area contributed by atoms with Crippen molar-refractivity contribution in [2.24, 2.45) is 0 Å². The van der Waals surface area contributed by atoms with Crippen LogP contribution in [0.25, 0.3) is 70.6 Å². The maximum atomic E-state index is 2.42. The maximum Gasteiger partial charge on any atom is 0.0546 e. The monoisotopic (exact) mass is 610 g/mol. The fraction of sp³-hybridized carbons (Fsp3) is 0. The topological polar surface area (TPSA) is 8.17 Å². The normalized spacial score (nSPS) is 11.8. The van der Waals surface area contributed by atoms with Crippen LogP contribution in [0.3, 0.4) is 0 Å². The van der Waals surface area contributed by atoms with Crippen molar-refractivity contribution in [3.05, 3.63) is 182 Å². The van der Waals surface area contributed by atoms with Crippen LogP contribution in [0.2, 0.25) is 0 Å². The summed E-state index contributed by atoms with van der Waals surface area (Å²) in [6.45, 7) is 0. The van der Waals surface area contributed by atoms with Gasteiger partial charge in [-0.3, -0.25) is 0 Å². The van der Waals surface area contributed by atoms with Gasteiger partial charge < -0.3 is 9.47 Å². The first-order chi connectivity index (χ1) is 23.8. The molecule has 1 heterocycles. The highest BCUT2D eigenvalue weighted by Crippen LogP contribution is 2.45. The van der Waals surface area contributed by atoms with Gasteiger partial charge in [-0.2, -0.15) is 0 Å². The third kappa shape index (κ3) is 4.00. The van der Waals surface area contributed by atoms with Crippen molar-refractivity contribution in [2.45, 2.75) is 0 Å². The highest BCUT2D eigenvalue weighted by molar-refractivity contribution is 6.29. The molecule has 48 heavy (non-hydrogen) atoms. The maximum absolute atomic E-state index is 2.42. The molecule has 0 saturated carbocycles. The predicted molar refractivity (Wildman–Crippen MR) is 205 cm³/mol. The van der Waals surface area contributed by atoms with Gasteiger partial charge in [0.25, 0.3) is 0 Å². The van der Waals surface area contributed by atoms with Gasteiger partial charge in [-0.15, -0.1) is 0 Å². The molecule has 0 aliphatic heterocycles. The molecule has 1 aromatic heterocycles. The fourth-order valence-electron chi connectivity index (χ4n) is 7.83. The molecule has 0 unspecified atom stereocenters. The third-order valence-electron chi connectivity index (χ3n) is 9.89. The zero-order valence-corrected chi connectivity index (χ0v) is 26.2. The molecule has 0 spiro atoms. The first-order valence-electron chi connectivity index (χ1n) is 16.5. The zero-order valence-electron chi connectivity index (χ0n) is 26.2. The molecular formula is C46H30N2. The van der Waals surface area contributed by atoms with Crippen molar-refractivity contribution in [1.82, 2.24) is 4.57 Å². The van der Waals surface area contributed by atoms with Crippen molar-refractivity contribution < 1.29 is 0 Å². The van der Waals surface area contributed by atoms with Crippen molar-refractivity contribution in [1.29, 1.82) is 0 Å². The van der Waals surface area contributed by atoms with E-state index in [4.69, 9.17) is 0 Å². The van der Waals surface area contributed by atoms with Crippen LogP contribution >= 0.6 is 0 Å². The number of aromatic nitrogens is 1. The number of rotatable bonds is 4. The standard InChI is InChI=1S/C46H30N2/c1-2-14-34(15-3-1)47(35-16-12-17-36(30-35)48-42-23-10-8-19-38(42)39-20-9-11-24-43(39)48)44-29-33-28-27-32-26-25-31-13-4-5-18-37(31)45(32)46(33)41-22-7-6-21-40(41)44/h1-30H. The Balaban J connectivity index is 1.27. The summed E-state index contributed by atoms with van der Waals surface area (Å²) in [5.74, 6) is 0. The van der Waals surface area contributed by atoms with E-state index >= 15 is 0 Å². The van der Waals surface area contributed by atoms with E-state index < -0.39 is 0 Å². The first-order valence-corrected chi connectivity index (χ1v) is 16.5. The molecule has 9 aromatic carbocycles. The summed E-state index contributed by atoms with van der Waals surface area (Å²) in [5, 5.41) is 12.7. The van der Waals surface area contributed by atoms with Gasteiger partial charge in [-0.1, -0.05) is 133 Å². The second kappa shape index (κ2) is 10.6. The SMILES string of the molecule is c1ccc(N(c2cccc(-n3c4ccccc4c4ccccc43)c2)c2cc3ccc4ccc5ccccc5c4c3c3ccccc23)cc1. The second-order valence-electron chi connectivity index (χ2n) is 12.6. The fourth-order valence-corrected chi connectivity index (χ4v) is 7.83. The van der Waals surface area contributed by atoms with Gasteiger partial charge in [0.05, 0.1) is 16.7 Å². The van der Waals surface area contributed by atoms with Crippen molar-refractivity contribution >= 4 is 82.0 Å². The third-order valence-corrected chi connectivity index (χ3v) is 9.89. The molecule has 0 saturated heterocycles. The lowest BCUT2D eigenvalue weighted by Gasteiger charge is -2.28. The molecule has 0 atom stereocenters. The minimum atomic E-state index is 1.11. The average molecular weight is 611 g/mol. The number of nitrogens with zero attached hydrogens (tertiary/aromatic N) is 2. The predicted octanol–water partition coefficient (Wildman–Crippen LogP) is 12.9. The Labute approximate surface area is 278 Å². The minimum absolute atomic E-state index is 1.11. The molecule has 0 N–H and O–H groups in total. The lowest BCUT2D eigenvalue weighted by molar-refractivity contribution is 1.17. The van der Waals surface area contributed by atoms with Crippen LogP contribution in [0.5, 0.6) is 0 Å². The summed E-state index contributed by atoms with van der Waals surface area (Å²) in [5.41, 5.74) is 6.93. The number of anilines is 3. The van der Waals surface area contributed by atoms with Gasteiger partial charge in [-0.25, -0.2) is 0 Å². The Bertz CT molecular complexity index is 2790. The summed E-state index contributed by atoms with van der Waals surface area (Å²) >= 11 is 0. The number of fused-ring (bicyclic) bond motifs is 10. The van der Waals surface area contributed by atoms with E-state index in [1.165, 1.54) is 64.9 Å². The van der Waals surface area contributed by atoms with E-state index in [9.17, 15) is 0 Å². The summed E-state index contributed by atoms with van der Waals surface area (Å²) < 4.78 is 2.40. The average Bonchev–Trinajstić information content (AvgIpc) is 3.50. The lowest BCUT2D eigenvalue weighted by Crippen LogP contribution is -2.11. The molecule has 10 aromatic rings. The van der Waals surface area contributed by atoms with E-state index in [0.29, 0.717) is 0 Å². The van der Waals surface area contributed by atoms with Crippen molar-refractivity contribution in [2.75, 3.05) is 4.90 Å². The van der Waals surface area contributed by atoms with Gasteiger partial charge in [-0.05, 0) is 86.2 Å².